The average Bonchev–Trinajstić information content (AvgIpc) is 2.98. The van der Waals surface area contributed by atoms with Crippen molar-refractivity contribution in [1.29, 1.82) is 0 Å². The molecule has 0 spiro atoms. The molecule has 2 aromatic heterocycles. The first kappa shape index (κ1) is 14.8. The molecule has 20 heavy (non-hydrogen) atoms. The van der Waals surface area contributed by atoms with E-state index >= 15 is 0 Å². The number of aryl methyl sites for hydroxylation is 2. The first-order valence-electron chi connectivity index (χ1n) is 6.40. The highest BCUT2D eigenvalue weighted by atomic mass is 79.9. The molecule has 0 N–H and O–H groups in total. The summed E-state index contributed by atoms with van der Waals surface area (Å²) in [6.07, 6.45) is 3.73. The topological polar surface area (TPSA) is 56.0 Å². The van der Waals surface area contributed by atoms with Crippen LogP contribution >= 0.6 is 15.9 Å². The van der Waals surface area contributed by atoms with Crippen LogP contribution in [0.5, 0.6) is 0 Å². The van der Waals surface area contributed by atoms with Gasteiger partial charge in [0.05, 0.1) is 16.4 Å². The summed E-state index contributed by atoms with van der Waals surface area (Å²) in [5.74, 6) is -0.107. The van der Waals surface area contributed by atoms with Gasteiger partial charge in [0.2, 0.25) is 0 Å². The van der Waals surface area contributed by atoms with Crippen molar-refractivity contribution in [2.45, 2.75) is 26.9 Å². The van der Waals surface area contributed by atoms with Gasteiger partial charge in [0.25, 0.3) is 5.91 Å². The fourth-order valence-electron chi connectivity index (χ4n) is 1.91. The first-order valence-corrected chi connectivity index (χ1v) is 7.19. The Morgan fingerprint density at radius 2 is 2.20 bits per heavy atom. The summed E-state index contributed by atoms with van der Waals surface area (Å²) in [6, 6.07) is 0. The van der Waals surface area contributed by atoms with Gasteiger partial charge in [0.15, 0.2) is 5.69 Å². The van der Waals surface area contributed by atoms with E-state index < -0.39 is 0 Å². The van der Waals surface area contributed by atoms with E-state index in [1.807, 2.05) is 31.8 Å². The number of nitrogens with zero attached hydrogens (tertiary/aromatic N) is 5. The molecule has 7 heteroatoms. The van der Waals surface area contributed by atoms with E-state index in [2.05, 4.69) is 26.1 Å². The Morgan fingerprint density at radius 1 is 1.50 bits per heavy atom. The smallest absolute Gasteiger partial charge is 0.275 e. The standard InChI is InChI=1S/C13H18BrN5O/c1-5-19-8-10(6-15-19)7-17(3)13(20)12-11(14)9(2)18(4)16-12/h6,8H,5,7H2,1-4H3. The summed E-state index contributed by atoms with van der Waals surface area (Å²) in [6.45, 7) is 5.28. The molecular formula is C13H18BrN5O. The number of amides is 1. The number of carbonyl (C=O) groups excluding carboxylic acids is 1. The van der Waals surface area contributed by atoms with Crippen LogP contribution in [0.2, 0.25) is 0 Å². The van der Waals surface area contributed by atoms with Crippen LogP contribution in [0.3, 0.4) is 0 Å². The third-order valence-corrected chi connectivity index (χ3v) is 4.19. The molecule has 0 radical (unpaired) electrons. The number of rotatable bonds is 4. The Morgan fingerprint density at radius 3 is 2.70 bits per heavy atom. The maximum Gasteiger partial charge on any atom is 0.275 e. The van der Waals surface area contributed by atoms with Gasteiger partial charge in [-0.15, -0.1) is 0 Å². The molecule has 0 fully saturated rings. The van der Waals surface area contributed by atoms with E-state index in [0.717, 1.165) is 22.3 Å². The maximum atomic E-state index is 12.4. The van der Waals surface area contributed by atoms with Gasteiger partial charge in [-0.25, -0.2) is 0 Å². The van der Waals surface area contributed by atoms with E-state index in [1.54, 1.807) is 22.8 Å². The first-order chi connectivity index (χ1) is 9.43. The highest BCUT2D eigenvalue weighted by molar-refractivity contribution is 9.10. The fraction of sp³-hybridized carbons (Fsp3) is 0.462. The number of carbonyl (C=O) groups is 1. The lowest BCUT2D eigenvalue weighted by atomic mass is 10.3. The van der Waals surface area contributed by atoms with Gasteiger partial charge in [0.1, 0.15) is 0 Å². The minimum Gasteiger partial charge on any atom is -0.336 e. The molecule has 0 aliphatic heterocycles. The SMILES string of the molecule is CCn1cc(CN(C)C(=O)c2nn(C)c(C)c2Br)cn1. The van der Waals surface area contributed by atoms with Crippen LogP contribution in [0.4, 0.5) is 0 Å². The molecule has 108 valence electrons. The van der Waals surface area contributed by atoms with Crippen LogP contribution in [0.1, 0.15) is 28.7 Å². The second-order valence-electron chi connectivity index (χ2n) is 4.74. The Hall–Kier alpha value is -1.63. The van der Waals surface area contributed by atoms with Crippen molar-refractivity contribution >= 4 is 21.8 Å². The largest absolute Gasteiger partial charge is 0.336 e. The molecular weight excluding hydrogens is 322 g/mol. The third kappa shape index (κ3) is 2.77. The summed E-state index contributed by atoms with van der Waals surface area (Å²) >= 11 is 3.42. The van der Waals surface area contributed by atoms with Gasteiger partial charge in [-0.2, -0.15) is 10.2 Å². The average molecular weight is 340 g/mol. The van der Waals surface area contributed by atoms with Crippen molar-refractivity contribution in [2.24, 2.45) is 7.05 Å². The van der Waals surface area contributed by atoms with Gasteiger partial charge in [-0.1, -0.05) is 0 Å². The molecule has 0 bridgehead atoms. The van der Waals surface area contributed by atoms with E-state index in [4.69, 9.17) is 0 Å². The fourth-order valence-corrected chi connectivity index (χ4v) is 2.41. The molecule has 2 rings (SSSR count). The Bertz CT molecular complexity index is 631. The lowest BCUT2D eigenvalue weighted by molar-refractivity contribution is 0.0777. The predicted molar refractivity (Wildman–Crippen MR) is 79.3 cm³/mol. The molecule has 0 aromatic carbocycles. The second kappa shape index (κ2) is 5.78. The zero-order valence-electron chi connectivity index (χ0n) is 12.1. The summed E-state index contributed by atoms with van der Waals surface area (Å²) in [4.78, 5) is 14.0. The highest BCUT2D eigenvalue weighted by Gasteiger charge is 2.21. The third-order valence-electron chi connectivity index (χ3n) is 3.24. The normalized spacial score (nSPS) is 10.8. The molecule has 0 saturated heterocycles. The van der Waals surface area contributed by atoms with Crippen LogP contribution in [-0.2, 0) is 20.1 Å². The van der Waals surface area contributed by atoms with E-state index in [-0.39, 0.29) is 5.91 Å². The van der Waals surface area contributed by atoms with Crippen LogP contribution in [0.15, 0.2) is 16.9 Å². The van der Waals surface area contributed by atoms with Crippen LogP contribution in [0, 0.1) is 6.92 Å². The summed E-state index contributed by atoms with van der Waals surface area (Å²) in [5.41, 5.74) is 2.38. The Kier molecular flexibility index (Phi) is 4.27. The lowest BCUT2D eigenvalue weighted by Crippen LogP contribution is -2.26. The van der Waals surface area contributed by atoms with Crippen molar-refractivity contribution in [3.05, 3.63) is 33.8 Å². The van der Waals surface area contributed by atoms with Crippen LogP contribution in [-0.4, -0.2) is 37.4 Å². The molecule has 0 atom stereocenters. The Balaban J connectivity index is 2.14. The van der Waals surface area contributed by atoms with E-state index in [1.165, 1.54) is 0 Å². The molecule has 0 saturated carbocycles. The van der Waals surface area contributed by atoms with Crippen LogP contribution < -0.4 is 0 Å². The van der Waals surface area contributed by atoms with Crippen molar-refractivity contribution in [2.75, 3.05) is 7.05 Å². The summed E-state index contributed by atoms with van der Waals surface area (Å²) in [7, 11) is 3.59. The van der Waals surface area contributed by atoms with Crippen molar-refractivity contribution in [3.8, 4) is 0 Å². The maximum absolute atomic E-state index is 12.4. The Labute approximate surface area is 126 Å². The second-order valence-corrected chi connectivity index (χ2v) is 5.53. The quantitative estimate of drug-likeness (QED) is 0.855. The minimum absolute atomic E-state index is 0.107. The molecule has 2 heterocycles. The van der Waals surface area contributed by atoms with Gasteiger partial charge in [0, 0.05) is 38.9 Å². The molecule has 0 aliphatic carbocycles. The molecule has 0 unspecified atom stereocenters. The number of aromatic nitrogens is 4. The molecule has 1 amide bonds. The van der Waals surface area contributed by atoms with Crippen molar-refractivity contribution < 1.29 is 4.79 Å². The highest BCUT2D eigenvalue weighted by Crippen LogP contribution is 2.21. The van der Waals surface area contributed by atoms with Gasteiger partial charge < -0.3 is 4.90 Å². The lowest BCUT2D eigenvalue weighted by Gasteiger charge is -2.14. The van der Waals surface area contributed by atoms with Gasteiger partial charge in [-0.05, 0) is 29.8 Å². The summed E-state index contributed by atoms with van der Waals surface area (Å²) < 4.78 is 4.29. The molecule has 0 aliphatic rings. The minimum atomic E-state index is -0.107. The van der Waals surface area contributed by atoms with E-state index in [0.29, 0.717) is 12.2 Å². The van der Waals surface area contributed by atoms with Crippen LogP contribution in [0.25, 0.3) is 0 Å². The van der Waals surface area contributed by atoms with Gasteiger partial charge in [-0.3, -0.25) is 14.2 Å². The van der Waals surface area contributed by atoms with E-state index in [9.17, 15) is 4.79 Å². The van der Waals surface area contributed by atoms with Crippen molar-refractivity contribution in [1.82, 2.24) is 24.5 Å². The van der Waals surface area contributed by atoms with Crippen molar-refractivity contribution in [3.63, 3.8) is 0 Å². The summed E-state index contributed by atoms with van der Waals surface area (Å²) in [5, 5.41) is 8.46. The molecule has 2 aromatic rings. The molecule has 6 nitrogen and oxygen atoms in total. The zero-order chi connectivity index (χ0) is 14.9. The number of hydrogen-bond donors (Lipinski definition) is 0. The number of halogens is 1. The zero-order valence-corrected chi connectivity index (χ0v) is 13.7. The monoisotopic (exact) mass is 339 g/mol. The van der Waals surface area contributed by atoms with Gasteiger partial charge >= 0.3 is 0 Å². The predicted octanol–water partition coefficient (Wildman–Crippen LogP) is 1.98. The number of hydrogen-bond acceptors (Lipinski definition) is 3.